The molecule has 3 N–H and O–H groups in total. The van der Waals surface area contributed by atoms with Crippen LogP contribution in [0.4, 0.5) is 5.69 Å². The number of hydrogen-bond donors (Lipinski definition) is 3. The van der Waals surface area contributed by atoms with Crippen LogP contribution < -0.4 is 21.0 Å². The molecule has 2 rings (SSSR count). The molecule has 0 radical (unpaired) electrons. The summed E-state index contributed by atoms with van der Waals surface area (Å²) in [6.07, 6.45) is 1.65. The molecule has 1 atom stereocenters. The number of anilines is 1. The van der Waals surface area contributed by atoms with Gasteiger partial charge in [0, 0.05) is 32.9 Å². The van der Waals surface area contributed by atoms with Crippen molar-refractivity contribution < 1.29 is 9.59 Å². The first kappa shape index (κ1) is 16.0. The highest BCUT2D eigenvalue weighted by Crippen LogP contribution is 2.10. The SMILES string of the molecule is CN(C)c1ccc(/C=N\NC(=O)C[C@H]2NCCNC2=O)cc1. The Hall–Kier alpha value is -2.41. The van der Waals surface area contributed by atoms with Crippen molar-refractivity contribution in [1.82, 2.24) is 16.1 Å². The molecule has 0 spiro atoms. The third-order valence-corrected chi connectivity index (χ3v) is 3.33. The smallest absolute Gasteiger partial charge is 0.242 e. The zero-order chi connectivity index (χ0) is 15.9. The second-order valence-electron chi connectivity index (χ2n) is 5.28. The average molecular weight is 303 g/mol. The number of benzene rings is 1. The first-order chi connectivity index (χ1) is 10.6. The second-order valence-corrected chi connectivity index (χ2v) is 5.28. The molecule has 1 aliphatic heterocycles. The van der Waals surface area contributed by atoms with Crippen molar-refractivity contribution in [3.63, 3.8) is 0 Å². The fourth-order valence-corrected chi connectivity index (χ4v) is 2.08. The Balaban J connectivity index is 1.81. The van der Waals surface area contributed by atoms with E-state index in [1.54, 1.807) is 6.21 Å². The van der Waals surface area contributed by atoms with Gasteiger partial charge < -0.3 is 15.5 Å². The molecule has 0 aromatic heterocycles. The summed E-state index contributed by atoms with van der Waals surface area (Å²) in [6.45, 7) is 1.27. The molecule has 1 aliphatic rings. The van der Waals surface area contributed by atoms with Gasteiger partial charge in [-0.3, -0.25) is 9.59 Å². The van der Waals surface area contributed by atoms with E-state index in [4.69, 9.17) is 0 Å². The highest BCUT2D eigenvalue weighted by molar-refractivity contribution is 5.89. The highest BCUT2D eigenvalue weighted by atomic mass is 16.2. The summed E-state index contributed by atoms with van der Waals surface area (Å²) < 4.78 is 0. The number of piperazine rings is 1. The fourth-order valence-electron chi connectivity index (χ4n) is 2.08. The number of hydrazone groups is 1. The van der Waals surface area contributed by atoms with E-state index < -0.39 is 6.04 Å². The fraction of sp³-hybridized carbons (Fsp3) is 0.400. The lowest BCUT2D eigenvalue weighted by Gasteiger charge is -2.22. The number of nitrogens with zero attached hydrogens (tertiary/aromatic N) is 2. The van der Waals surface area contributed by atoms with Crippen LogP contribution in [0.25, 0.3) is 0 Å². The van der Waals surface area contributed by atoms with Crippen LogP contribution >= 0.6 is 0 Å². The highest BCUT2D eigenvalue weighted by Gasteiger charge is 2.23. The molecule has 7 heteroatoms. The molecule has 22 heavy (non-hydrogen) atoms. The van der Waals surface area contributed by atoms with Gasteiger partial charge in [-0.05, 0) is 17.7 Å². The standard InChI is InChI=1S/C15H21N5O2/c1-20(2)12-5-3-11(4-6-12)10-18-19-14(21)9-13-15(22)17-8-7-16-13/h3-6,10,13,16H,7-9H2,1-2H3,(H,17,22)(H,19,21)/b18-10-/t13-/m1/s1. The molecule has 0 unspecified atom stereocenters. The van der Waals surface area contributed by atoms with Gasteiger partial charge >= 0.3 is 0 Å². The van der Waals surface area contributed by atoms with Crippen LogP contribution in [0, 0.1) is 0 Å². The third kappa shape index (κ3) is 4.56. The van der Waals surface area contributed by atoms with Crippen LogP contribution in [-0.2, 0) is 9.59 Å². The normalized spacial score (nSPS) is 18.1. The molecule has 2 amide bonds. The number of nitrogens with one attached hydrogen (secondary N) is 3. The predicted molar refractivity (Wildman–Crippen MR) is 85.9 cm³/mol. The Morgan fingerprint density at radius 2 is 2.09 bits per heavy atom. The molecule has 1 saturated heterocycles. The number of hydrogen-bond acceptors (Lipinski definition) is 5. The van der Waals surface area contributed by atoms with E-state index in [1.807, 2.05) is 43.3 Å². The van der Waals surface area contributed by atoms with Gasteiger partial charge in [0.05, 0.1) is 18.7 Å². The summed E-state index contributed by atoms with van der Waals surface area (Å²) in [5.41, 5.74) is 4.42. The lowest BCUT2D eigenvalue weighted by atomic mass is 10.1. The van der Waals surface area contributed by atoms with Crippen molar-refractivity contribution in [2.24, 2.45) is 5.10 Å². The van der Waals surface area contributed by atoms with Crippen LogP contribution in [0.3, 0.4) is 0 Å². The van der Waals surface area contributed by atoms with Crippen LogP contribution in [0.15, 0.2) is 29.4 Å². The maximum Gasteiger partial charge on any atom is 0.242 e. The minimum Gasteiger partial charge on any atom is -0.378 e. The first-order valence-corrected chi connectivity index (χ1v) is 7.16. The Morgan fingerprint density at radius 3 is 2.73 bits per heavy atom. The molecule has 0 bridgehead atoms. The van der Waals surface area contributed by atoms with E-state index in [2.05, 4.69) is 21.2 Å². The molecule has 1 aromatic carbocycles. The largest absolute Gasteiger partial charge is 0.378 e. The number of carbonyl (C=O) groups excluding carboxylic acids is 2. The van der Waals surface area contributed by atoms with Gasteiger partial charge in [-0.1, -0.05) is 12.1 Å². The molecule has 1 aromatic rings. The van der Waals surface area contributed by atoms with Crippen LogP contribution in [-0.4, -0.2) is 51.3 Å². The zero-order valence-corrected chi connectivity index (χ0v) is 12.8. The summed E-state index contributed by atoms with van der Waals surface area (Å²) in [5.74, 6) is -0.444. The predicted octanol–water partition coefficient (Wildman–Crippen LogP) is -0.319. The topological polar surface area (TPSA) is 85.8 Å². The van der Waals surface area contributed by atoms with Gasteiger partial charge in [0.1, 0.15) is 0 Å². The zero-order valence-electron chi connectivity index (χ0n) is 12.8. The maximum atomic E-state index is 11.7. The van der Waals surface area contributed by atoms with Crippen molar-refractivity contribution in [3.8, 4) is 0 Å². The van der Waals surface area contributed by atoms with Gasteiger partial charge in [-0.2, -0.15) is 5.10 Å². The lowest BCUT2D eigenvalue weighted by Crippen LogP contribution is -2.54. The number of rotatable bonds is 5. The van der Waals surface area contributed by atoms with Crippen molar-refractivity contribution >= 4 is 23.7 Å². The molecule has 7 nitrogen and oxygen atoms in total. The van der Waals surface area contributed by atoms with Gasteiger partial charge in [-0.15, -0.1) is 0 Å². The van der Waals surface area contributed by atoms with Crippen molar-refractivity contribution in [2.45, 2.75) is 12.5 Å². The van der Waals surface area contributed by atoms with Crippen LogP contribution in [0.1, 0.15) is 12.0 Å². The number of amides is 2. The van der Waals surface area contributed by atoms with Crippen molar-refractivity contribution in [3.05, 3.63) is 29.8 Å². The van der Waals surface area contributed by atoms with Gasteiger partial charge in [-0.25, -0.2) is 5.43 Å². The van der Waals surface area contributed by atoms with Gasteiger partial charge in [0.25, 0.3) is 0 Å². The third-order valence-electron chi connectivity index (χ3n) is 3.33. The molecular formula is C15H21N5O2. The minimum absolute atomic E-state index is 0.0722. The van der Waals surface area contributed by atoms with E-state index >= 15 is 0 Å². The molecule has 118 valence electrons. The van der Waals surface area contributed by atoms with E-state index in [1.165, 1.54) is 0 Å². The number of carbonyl (C=O) groups is 2. The van der Waals surface area contributed by atoms with E-state index in [0.717, 1.165) is 11.3 Å². The molecule has 0 aliphatic carbocycles. The lowest BCUT2D eigenvalue weighted by molar-refractivity contribution is -0.129. The Labute approximate surface area is 129 Å². The molecular weight excluding hydrogens is 282 g/mol. The first-order valence-electron chi connectivity index (χ1n) is 7.16. The maximum absolute atomic E-state index is 11.7. The van der Waals surface area contributed by atoms with Gasteiger partial charge in [0.15, 0.2) is 0 Å². The Bertz CT molecular complexity index is 554. The summed E-state index contributed by atoms with van der Waals surface area (Å²) >= 11 is 0. The monoisotopic (exact) mass is 303 g/mol. The van der Waals surface area contributed by atoms with E-state index in [-0.39, 0.29) is 18.2 Å². The minimum atomic E-state index is -0.483. The summed E-state index contributed by atoms with van der Waals surface area (Å²) in [6, 6.07) is 7.30. The molecule has 0 saturated carbocycles. The molecule has 1 heterocycles. The summed E-state index contributed by atoms with van der Waals surface area (Å²) in [4.78, 5) is 25.3. The quantitative estimate of drug-likeness (QED) is 0.514. The van der Waals surface area contributed by atoms with Crippen molar-refractivity contribution in [1.29, 1.82) is 0 Å². The Morgan fingerprint density at radius 1 is 1.36 bits per heavy atom. The molecule has 1 fully saturated rings. The van der Waals surface area contributed by atoms with E-state index in [0.29, 0.717) is 13.1 Å². The second kappa shape index (κ2) is 7.56. The van der Waals surface area contributed by atoms with E-state index in [9.17, 15) is 9.59 Å². The van der Waals surface area contributed by atoms with Crippen LogP contribution in [0.2, 0.25) is 0 Å². The Kier molecular flexibility index (Phi) is 5.48. The van der Waals surface area contributed by atoms with Gasteiger partial charge in [0.2, 0.25) is 11.8 Å². The summed E-state index contributed by atoms with van der Waals surface area (Å²) in [7, 11) is 3.94. The average Bonchev–Trinajstić information content (AvgIpc) is 2.50. The van der Waals surface area contributed by atoms with Crippen molar-refractivity contribution in [2.75, 3.05) is 32.1 Å². The van der Waals surface area contributed by atoms with Crippen LogP contribution in [0.5, 0.6) is 0 Å². The summed E-state index contributed by atoms with van der Waals surface area (Å²) in [5, 5.41) is 9.61.